The van der Waals surface area contributed by atoms with Crippen LogP contribution >= 0.6 is 23.2 Å². The fourth-order valence-electron chi connectivity index (χ4n) is 4.18. The first kappa shape index (κ1) is 24.4. The predicted octanol–water partition coefficient (Wildman–Crippen LogP) is 4.44. The number of benzene rings is 2. The van der Waals surface area contributed by atoms with Crippen LogP contribution in [0.4, 0.5) is 8.78 Å². The van der Waals surface area contributed by atoms with Crippen LogP contribution in [0.1, 0.15) is 37.3 Å². The predicted molar refractivity (Wildman–Crippen MR) is 119 cm³/mol. The quantitative estimate of drug-likeness (QED) is 0.615. The number of β-amino-alcohol motifs (C(OH)–C–C–N with tert-alkyl or cyclic N) is 2. The molecule has 0 spiro atoms. The molecule has 4 nitrogen and oxygen atoms in total. The Labute approximate surface area is 191 Å². The van der Waals surface area contributed by atoms with Gasteiger partial charge in [0.2, 0.25) is 0 Å². The molecule has 2 unspecified atom stereocenters. The van der Waals surface area contributed by atoms with Crippen LogP contribution in [0.2, 0.25) is 10.0 Å². The molecule has 2 fully saturated rings. The first-order valence-corrected chi connectivity index (χ1v) is 11.2. The second kappa shape index (κ2) is 10.1. The molecule has 2 aliphatic heterocycles. The van der Waals surface area contributed by atoms with Gasteiger partial charge in [0.1, 0.15) is 22.8 Å². The van der Waals surface area contributed by atoms with Crippen LogP contribution in [-0.2, 0) is 11.2 Å². The van der Waals surface area contributed by atoms with E-state index in [1.165, 1.54) is 24.3 Å². The van der Waals surface area contributed by atoms with E-state index in [0.29, 0.717) is 47.1 Å². The zero-order chi connectivity index (χ0) is 22.6. The van der Waals surface area contributed by atoms with Crippen molar-refractivity contribution in [2.75, 3.05) is 32.7 Å². The number of aliphatic hydroxyl groups is 2. The SMILES string of the molecule is CCCN1CCC(O)(c2cc(F)cc(Cl)c2)C1.OC1(c2cc(F)cc(Cl)c2)CCNC1. The minimum atomic E-state index is -0.967. The summed E-state index contributed by atoms with van der Waals surface area (Å²) < 4.78 is 26.3. The van der Waals surface area contributed by atoms with E-state index in [0.717, 1.165) is 26.1 Å². The van der Waals surface area contributed by atoms with Crippen LogP contribution in [0.3, 0.4) is 0 Å². The Kier molecular flexibility index (Phi) is 7.95. The Morgan fingerprint density at radius 3 is 2.00 bits per heavy atom. The van der Waals surface area contributed by atoms with Crippen LogP contribution in [0.15, 0.2) is 36.4 Å². The lowest BCUT2D eigenvalue weighted by Gasteiger charge is -2.24. The van der Waals surface area contributed by atoms with Gasteiger partial charge in [-0.2, -0.15) is 0 Å². The normalized spacial score (nSPS) is 26.0. The third-order valence-electron chi connectivity index (χ3n) is 5.80. The van der Waals surface area contributed by atoms with Crippen molar-refractivity contribution in [1.29, 1.82) is 0 Å². The number of halogens is 4. The van der Waals surface area contributed by atoms with Gasteiger partial charge in [-0.05, 0) is 79.9 Å². The van der Waals surface area contributed by atoms with E-state index < -0.39 is 22.8 Å². The van der Waals surface area contributed by atoms with Crippen molar-refractivity contribution in [2.45, 2.75) is 37.4 Å². The van der Waals surface area contributed by atoms with Crippen LogP contribution in [0.25, 0.3) is 0 Å². The van der Waals surface area contributed by atoms with Gasteiger partial charge in [0.25, 0.3) is 0 Å². The van der Waals surface area contributed by atoms with E-state index >= 15 is 0 Å². The molecule has 0 aromatic heterocycles. The van der Waals surface area contributed by atoms with Crippen molar-refractivity contribution >= 4 is 23.2 Å². The van der Waals surface area contributed by atoms with Gasteiger partial charge >= 0.3 is 0 Å². The first-order valence-electron chi connectivity index (χ1n) is 10.4. The molecule has 170 valence electrons. The second-order valence-electron chi connectivity index (χ2n) is 8.33. The maximum absolute atomic E-state index is 13.3. The average molecular weight is 473 g/mol. The zero-order valence-electron chi connectivity index (χ0n) is 17.5. The van der Waals surface area contributed by atoms with Gasteiger partial charge in [-0.25, -0.2) is 8.78 Å². The molecule has 0 bridgehead atoms. The molecule has 3 N–H and O–H groups in total. The molecular formula is C23H28Cl2F2N2O2. The van der Waals surface area contributed by atoms with Crippen LogP contribution in [0, 0.1) is 11.6 Å². The fraction of sp³-hybridized carbons (Fsp3) is 0.478. The Hall–Kier alpha value is -1.28. The number of nitrogens with one attached hydrogen (secondary N) is 1. The summed E-state index contributed by atoms with van der Waals surface area (Å²) >= 11 is 11.5. The Bertz CT molecular complexity index is 869. The van der Waals surface area contributed by atoms with E-state index in [2.05, 4.69) is 17.1 Å². The van der Waals surface area contributed by atoms with Crippen LogP contribution < -0.4 is 5.32 Å². The first-order chi connectivity index (χ1) is 14.6. The Morgan fingerprint density at radius 1 is 0.935 bits per heavy atom. The van der Waals surface area contributed by atoms with Gasteiger partial charge in [0, 0.05) is 29.7 Å². The fourth-order valence-corrected chi connectivity index (χ4v) is 4.63. The second-order valence-corrected chi connectivity index (χ2v) is 9.21. The van der Waals surface area contributed by atoms with Crippen molar-refractivity contribution in [3.8, 4) is 0 Å². The molecule has 2 aromatic carbocycles. The van der Waals surface area contributed by atoms with E-state index in [1.54, 1.807) is 12.1 Å². The summed E-state index contributed by atoms with van der Waals surface area (Å²) in [6.07, 6.45) is 2.28. The standard InChI is InChI=1S/C13H17ClFNO.C10H11ClFNO/c1-2-4-16-5-3-13(17,9-16)10-6-11(14)8-12(15)7-10;11-8-3-7(4-9(12)5-8)10(14)1-2-13-6-10/h6-8,17H,2-5,9H2,1H3;3-5,13-14H,1-2,6H2. The van der Waals surface area contributed by atoms with E-state index in [-0.39, 0.29) is 0 Å². The number of likely N-dealkylation sites (tertiary alicyclic amines) is 1. The van der Waals surface area contributed by atoms with Gasteiger partial charge in [-0.3, -0.25) is 0 Å². The molecule has 2 aliphatic rings. The van der Waals surface area contributed by atoms with Crippen molar-refractivity contribution in [2.24, 2.45) is 0 Å². The third-order valence-corrected chi connectivity index (χ3v) is 6.24. The summed E-state index contributed by atoms with van der Waals surface area (Å²) in [5, 5.41) is 24.4. The highest BCUT2D eigenvalue weighted by molar-refractivity contribution is 6.30. The minimum Gasteiger partial charge on any atom is -0.384 e. The molecule has 4 rings (SSSR count). The molecule has 31 heavy (non-hydrogen) atoms. The molecule has 2 heterocycles. The zero-order valence-corrected chi connectivity index (χ0v) is 19.0. The van der Waals surface area contributed by atoms with Gasteiger partial charge in [-0.1, -0.05) is 30.1 Å². The number of hydrogen-bond acceptors (Lipinski definition) is 4. The lowest BCUT2D eigenvalue weighted by molar-refractivity contribution is 0.0459. The van der Waals surface area contributed by atoms with Gasteiger partial charge in [-0.15, -0.1) is 0 Å². The number of nitrogens with zero attached hydrogens (tertiary/aromatic N) is 1. The summed E-state index contributed by atoms with van der Waals surface area (Å²) in [6.45, 7) is 5.66. The molecule has 0 aliphatic carbocycles. The molecule has 0 radical (unpaired) electrons. The van der Waals surface area contributed by atoms with Crippen molar-refractivity contribution in [1.82, 2.24) is 10.2 Å². The van der Waals surface area contributed by atoms with Gasteiger partial charge in [0.05, 0.1) is 0 Å². The molecule has 8 heteroatoms. The van der Waals surface area contributed by atoms with Gasteiger partial charge < -0.3 is 20.4 Å². The monoisotopic (exact) mass is 472 g/mol. The summed E-state index contributed by atoms with van der Waals surface area (Å²) in [5.74, 6) is -0.803. The third kappa shape index (κ3) is 6.15. The molecule has 0 amide bonds. The highest BCUT2D eigenvalue weighted by Gasteiger charge is 2.37. The Balaban J connectivity index is 0.000000179. The summed E-state index contributed by atoms with van der Waals surface area (Å²) in [6, 6.07) is 8.46. The van der Waals surface area contributed by atoms with E-state index in [4.69, 9.17) is 23.2 Å². The smallest absolute Gasteiger partial charge is 0.125 e. The maximum atomic E-state index is 13.3. The summed E-state index contributed by atoms with van der Waals surface area (Å²) in [5.41, 5.74) is -0.791. The number of hydrogen-bond donors (Lipinski definition) is 3. The molecule has 0 saturated carbocycles. The van der Waals surface area contributed by atoms with Crippen molar-refractivity contribution in [3.63, 3.8) is 0 Å². The lowest BCUT2D eigenvalue weighted by atomic mass is 9.93. The van der Waals surface area contributed by atoms with Crippen molar-refractivity contribution in [3.05, 3.63) is 69.2 Å². The number of rotatable bonds is 4. The van der Waals surface area contributed by atoms with E-state index in [9.17, 15) is 19.0 Å². The average Bonchev–Trinajstić information content (AvgIpc) is 3.29. The molecular weight excluding hydrogens is 445 g/mol. The van der Waals surface area contributed by atoms with Gasteiger partial charge in [0.15, 0.2) is 0 Å². The minimum absolute atomic E-state index is 0.320. The molecule has 2 atom stereocenters. The highest BCUT2D eigenvalue weighted by Crippen LogP contribution is 2.34. The maximum Gasteiger partial charge on any atom is 0.125 e. The van der Waals surface area contributed by atoms with Crippen molar-refractivity contribution < 1.29 is 19.0 Å². The largest absolute Gasteiger partial charge is 0.384 e. The summed E-state index contributed by atoms with van der Waals surface area (Å²) in [7, 11) is 0. The van der Waals surface area contributed by atoms with Crippen LogP contribution in [0.5, 0.6) is 0 Å². The summed E-state index contributed by atoms with van der Waals surface area (Å²) in [4.78, 5) is 2.19. The Morgan fingerprint density at radius 2 is 1.52 bits per heavy atom. The highest BCUT2D eigenvalue weighted by atomic mass is 35.5. The van der Waals surface area contributed by atoms with E-state index in [1.807, 2.05) is 0 Å². The molecule has 2 aromatic rings. The topological polar surface area (TPSA) is 55.7 Å². The molecule has 2 saturated heterocycles. The van der Waals surface area contributed by atoms with Crippen LogP contribution in [-0.4, -0.2) is 47.8 Å². The lowest BCUT2D eigenvalue weighted by Crippen LogP contribution is -2.31.